The molecule has 0 aliphatic carbocycles. The van der Waals surface area contributed by atoms with Crippen LogP contribution in [0.5, 0.6) is 0 Å². The van der Waals surface area contributed by atoms with E-state index in [-0.39, 0.29) is 23.8 Å². The molecule has 1 rings (SSSR count). The van der Waals surface area contributed by atoms with Gasteiger partial charge in [0, 0.05) is 19.0 Å². The van der Waals surface area contributed by atoms with Crippen LogP contribution in [-0.2, 0) is 9.59 Å². The monoisotopic (exact) mass is 228 g/mol. The first-order valence-electron chi connectivity index (χ1n) is 5.57. The lowest BCUT2D eigenvalue weighted by Gasteiger charge is -2.35. The van der Waals surface area contributed by atoms with Crippen molar-refractivity contribution in [3.63, 3.8) is 0 Å². The van der Waals surface area contributed by atoms with Gasteiger partial charge in [0.25, 0.3) is 0 Å². The third-order valence-corrected chi connectivity index (χ3v) is 3.12. The molecule has 2 unspecified atom stereocenters. The van der Waals surface area contributed by atoms with Gasteiger partial charge in [0.05, 0.1) is 5.92 Å². The molecular weight excluding hydrogens is 208 g/mol. The number of primary amides is 1. The molecule has 0 aromatic rings. The predicted molar refractivity (Wildman–Crippen MR) is 59.9 cm³/mol. The second-order valence-corrected chi connectivity index (χ2v) is 4.36. The number of nitrogens with one attached hydrogen (secondary N) is 1. The summed E-state index contributed by atoms with van der Waals surface area (Å²) in [6, 6.07) is 0.0886. The van der Waals surface area contributed by atoms with Crippen molar-refractivity contribution in [3.8, 4) is 0 Å². The summed E-state index contributed by atoms with van der Waals surface area (Å²) in [6.07, 6.45) is 2.14. The standard InChI is InChI=1S/C10H20N4O2/c1-7(5-9(15)13-12)14-4-2-3-8(6-14)10(11)16/h7-8H,2-6,12H2,1H3,(H2,11,16)(H,13,15). The van der Waals surface area contributed by atoms with Gasteiger partial charge in [-0.1, -0.05) is 0 Å². The minimum Gasteiger partial charge on any atom is -0.369 e. The molecule has 1 aliphatic rings. The van der Waals surface area contributed by atoms with E-state index >= 15 is 0 Å². The number of hydrazine groups is 1. The van der Waals surface area contributed by atoms with Gasteiger partial charge in [0.2, 0.25) is 11.8 Å². The fraction of sp³-hybridized carbons (Fsp3) is 0.800. The van der Waals surface area contributed by atoms with Crippen LogP contribution in [0, 0.1) is 5.92 Å². The Balaban J connectivity index is 2.46. The zero-order chi connectivity index (χ0) is 12.1. The molecule has 1 fully saturated rings. The van der Waals surface area contributed by atoms with Crippen LogP contribution in [0.1, 0.15) is 26.2 Å². The lowest BCUT2D eigenvalue weighted by molar-refractivity contribution is -0.124. The number of carbonyl (C=O) groups is 2. The molecule has 16 heavy (non-hydrogen) atoms. The second kappa shape index (κ2) is 5.81. The zero-order valence-corrected chi connectivity index (χ0v) is 9.61. The summed E-state index contributed by atoms with van der Waals surface area (Å²) < 4.78 is 0. The highest BCUT2D eigenvalue weighted by Crippen LogP contribution is 2.19. The summed E-state index contributed by atoms with van der Waals surface area (Å²) in [5.74, 6) is 4.51. The molecule has 1 heterocycles. The van der Waals surface area contributed by atoms with Gasteiger partial charge >= 0.3 is 0 Å². The molecule has 5 N–H and O–H groups in total. The summed E-state index contributed by atoms with van der Waals surface area (Å²) >= 11 is 0. The molecule has 2 atom stereocenters. The largest absolute Gasteiger partial charge is 0.369 e. The Kier molecular flexibility index (Phi) is 4.70. The summed E-state index contributed by atoms with van der Waals surface area (Å²) in [5, 5.41) is 0. The highest BCUT2D eigenvalue weighted by molar-refractivity contribution is 5.77. The summed E-state index contributed by atoms with van der Waals surface area (Å²) in [5.41, 5.74) is 7.40. The topological polar surface area (TPSA) is 101 Å². The Bertz CT molecular complexity index is 270. The Labute approximate surface area is 95.3 Å². The highest BCUT2D eigenvalue weighted by atomic mass is 16.2. The van der Waals surface area contributed by atoms with Crippen LogP contribution in [0.3, 0.4) is 0 Å². The molecule has 0 aromatic heterocycles. The number of rotatable bonds is 4. The van der Waals surface area contributed by atoms with Crippen LogP contribution in [0.25, 0.3) is 0 Å². The Hall–Kier alpha value is -1.14. The number of piperidine rings is 1. The second-order valence-electron chi connectivity index (χ2n) is 4.36. The molecule has 92 valence electrons. The van der Waals surface area contributed by atoms with Gasteiger partial charge in [0.15, 0.2) is 0 Å². The number of nitrogens with two attached hydrogens (primary N) is 2. The number of likely N-dealkylation sites (tertiary alicyclic amines) is 1. The van der Waals surface area contributed by atoms with Gasteiger partial charge in [-0.15, -0.1) is 0 Å². The Morgan fingerprint density at radius 3 is 2.81 bits per heavy atom. The molecule has 1 saturated heterocycles. The van der Waals surface area contributed by atoms with Crippen molar-refractivity contribution in [1.29, 1.82) is 0 Å². The van der Waals surface area contributed by atoms with Crippen molar-refractivity contribution < 1.29 is 9.59 Å². The van der Waals surface area contributed by atoms with Gasteiger partial charge in [-0.3, -0.25) is 19.9 Å². The fourth-order valence-corrected chi connectivity index (χ4v) is 2.10. The lowest BCUT2D eigenvalue weighted by Crippen LogP contribution is -2.47. The van der Waals surface area contributed by atoms with Gasteiger partial charge in [-0.2, -0.15) is 0 Å². The van der Waals surface area contributed by atoms with Crippen molar-refractivity contribution in [2.45, 2.75) is 32.2 Å². The van der Waals surface area contributed by atoms with E-state index in [0.29, 0.717) is 13.0 Å². The Morgan fingerprint density at radius 1 is 1.56 bits per heavy atom. The first kappa shape index (κ1) is 12.9. The summed E-state index contributed by atoms with van der Waals surface area (Å²) in [4.78, 5) is 24.3. The fourth-order valence-electron chi connectivity index (χ4n) is 2.10. The molecular formula is C10H20N4O2. The van der Waals surface area contributed by atoms with Crippen LogP contribution < -0.4 is 17.0 Å². The SMILES string of the molecule is CC(CC(=O)NN)N1CCCC(C(N)=O)C1. The first-order valence-corrected chi connectivity index (χ1v) is 5.57. The average molecular weight is 228 g/mol. The van der Waals surface area contributed by atoms with E-state index in [1.165, 1.54) is 0 Å². The van der Waals surface area contributed by atoms with Gasteiger partial charge in [-0.25, -0.2) is 5.84 Å². The number of amides is 2. The average Bonchev–Trinajstić information content (AvgIpc) is 2.28. The lowest BCUT2D eigenvalue weighted by atomic mass is 9.96. The molecule has 6 nitrogen and oxygen atoms in total. The number of hydrogen-bond acceptors (Lipinski definition) is 4. The Morgan fingerprint density at radius 2 is 2.25 bits per heavy atom. The summed E-state index contributed by atoms with van der Waals surface area (Å²) in [7, 11) is 0. The maximum atomic E-state index is 11.1. The van der Waals surface area contributed by atoms with Crippen molar-refractivity contribution in [3.05, 3.63) is 0 Å². The van der Waals surface area contributed by atoms with E-state index in [0.717, 1.165) is 19.4 Å². The molecule has 0 aromatic carbocycles. The molecule has 0 spiro atoms. The summed E-state index contributed by atoms with van der Waals surface area (Å²) in [6.45, 7) is 3.51. The number of hydrogen-bond donors (Lipinski definition) is 3. The van der Waals surface area contributed by atoms with E-state index in [9.17, 15) is 9.59 Å². The smallest absolute Gasteiger partial charge is 0.235 e. The quantitative estimate of drug-likeness (QED) is 0.325. The predicted octanol–water partition coefficient (Wildman–Crippen LogP) is -1.05. The van der Waals surface area contributed by atoms with Crippen molar-refractivity contribution >= 4 is 11.8 Å². The third kappa shape index (κ3) is 3.46. The van der Waals surface area contributed by atoms with E-state index < -0.39 is 0 Å². The van der Waals surface area contributed by atoms with E-state index in [4.69, 9.17) is 11.6 Å². The van der Waals surface area contributed by atoms with Crippen molar-refractivity contribution in [1.82, 2.24) is 10.3 Å². The van der Waals surface area contributed by atoms with Crippen LogP contribution in [0.15, 0.2) is 0 Å². The van der Waals surface area contributed by atoms with Gasteiger partial charge < -0.3 is 5.73 Å². The van der Waals surface area contributed by atoms with Gasteiger partial charge in [-0.05, 0) is 26.3 Å². The molecule has 6 heteroatoms. The molecule has 0 radical (unpaired) electrons. The molecule has 0 saturated carbocycles. The van der Waals surface area contributed by atoms with E-state index in [1.54, 1.807) is 0 Å². The van der Waals surface area contributed by atoms with Crippen LogP contribution in [-0.4, -0.2) is 35.8 Å². The third-order valence-electron chi connectivity index (χ3n) is 3.12. The molecule has 0 bridgehead atoms. The van der Waals surface area contributed by atoms with E-state index in [1.807, 2.05) is 6.92 Å². The van der Waals surface area contributed by atoms with Gasteiger partial charge in [0.1, 0.15) is 0 Å². The molecule has 2 amide bonds. The number of nitrogens with zero attached hydrogens (tertiary/aromatic N) is 1. The highest BCUT2D eigenvalue weighted by Gasteiger charge is 2.27. The maximum absolute atomic E-state index is 11.1. The normalized spacial score (nSPS) is 23.8. The minimum absolute atomic E-state index is 0.0860. The van der Waals surface area contributed by atoms with Crippen molar-refractivity contribution in [2.24, 2.45) is 17.5 Å². The maximum Gasteiger partial charge on any atom is 0.235 e. The first-order chi connectivity index (χ1) is 7.54. The van der Waals surface area contributed by atoms with Crippen LogP contribution >= 0.6 is 0 Å². The van der Waals surface area contributed by atoms with Crippen molar-refractivity contribution in [2.75, 3.05) is 13.1 Å². The molecule has 1 aliphatic heterocycles. The minimum atomic E-state index is -0.250. The number of carbonyl (C=O) groups excluding carboxylic acids is 2. The van der Waals surface area contributed by atoms with Crippen LogP contribution in [0.2, 0.25) is 0 Å². The van der Waals surface area contributed by atoms with E-state index in [2.05, 4.69) is 10.3 Å². The van der Waals surface area contributed by atoms with Crippen LogP contribution in [0.4, 0.5) is 0 Å². The zero-order valence-electron chi connectivity index (χ0n) is 9.61.